The molecule has 113 valence electrons. The number of aliphatic hydroxyl groups is 1. The highest BCUT2D eigenvalue weighted by molar-refractivity contribution is 5.94. The number of hydrogen-bond donors (Lipinski definition) is 1. The molecule has 1 heterocycles. The summed E-state index contributed by atoms with van der Waals surface area (Å²) in [6, 6.07) is 17.0. The van der Waals surface area contributed by atoms with Gasteiger partial charge in [0.25, 0.3) is 5.91 Å². The van der Waals surface area contributed by atoms with Gasteiger partial charge < -0.3 is 10.0 Å². The molecule has 1 amide bonds. The number of rotatable bonds is 2. The van der Waals surface area contributed by atoms with E-state index in [1.165, 1.54) is 0 Å². The average Bonchev–Trinajstić information content (AvgIpc) is 2.56. The van der Waals surface area contributed by atoms with Gasteiger partial charge in [-0.15, -0.1) is 0 Å². The van der Waals surface area contributed by atoms with Crippen LogP contribution >= 0.6 is 0 Å². The van der Waals surface area contributed by atoms with Crippen molar-refractivity contribution in [3.05, 3.63) is 78.2 Å². The molecule has 0 atom stereocenters. The minimum absolute atomic E-state index is 0.0233. The van der Waals surface area contributed by atoms with E-state index in [0.717, 1.165) is 11.1 Å². The second-order valence-corrected chi connectivity index (χ2v) is 5.89. The smallest absolute Gasteiger partial charge is 0.253 e. The number of hydrogen-bond acceptors (Lipinski definition) is 2. The van der Waals surface area contributed by atoms with E-state index in [1.54, 1.807) is 0 Å². The highest BCUT2D eigenvalue weighted by Gasteiger charge is 2.35. The highest BCUT2D eigenvalue weighted by atomic mass is 16.3. The summed E-state index contributed by atoms with van der Waals surface area (Å²) in [5.41, 5.74) is 1.68. The van der Waals surface area contributed by atoms with Gasteiger partial charge in [-0.1, -0.05) is 42.5 Å². The first-order valence-electron chi connectivity index (χ1n) is 7.58. The van der Waals surface area contributed by atoms with Crippen LogP contribution in [0.4, 0.5) is 0 Å². The second-order valence-electron chi connectivity index (χ2n) is 5.89. The number of carbonyl (C=O) groups excluding carboxylic acids is 1. The molecule has 3 heteroatoms. The summed E-state index contributed by atoms with van der Waals surface area (Å²) in [7, 11) is 0. The maximum absolute atomic E-state index is 12.5. The van der Waals surface area contributed by atoms with Crippen molar-refractivity contribution in [2.75, 3.05) is 13.1 Å². The molecule has 0 aromatic heterocycles. The fraction of sp³-hybridized carbons (Fsp3) is 0.263. The second kappa shape index (κ2) is 5.93. The number of likely N-dealkylation sites (tertiary alicyclic amines) is 1. The van der Waals surface area contributed by atoms with Crippen molar-refractivity contribution in [2.45, 2.75) is 18.4 Å². The Morgan fingerprint density at radius 3 is 2.18 bits per heavy atom. The van der Waals surface area contributed by atoms with E-state index in [-0.39, 0.29) is 5.91 Å². The molecule has 1 N–H and O–H groups in total. The van der Waals surface area contributed by atoms with Gasteiger partial charge in [0.05, 0.1) is 5.60 Å². The molecule has 1 radical (unpaired) electrons. The highest BCUT2D eigenvalue weighted by Crippen LogP contribution is 2.33. The van der Waals surface area contributed by atoms with Crippen molar-refractivity contribution in [2.24, 2.45) is 0 Å². The predicted molar refractivity (Wildman–Crippen MR) is 86.4 cm³/mol. The summed E-state index contributed by atoms with van der Waals surface area (Å²) in [6.07, 6.45) is 1.13. The molecule has 0 spiro atoms. The third-order valence-electron chi connectivity index (χ3n) is 4.39. The molecule has 0 unspecified atom stereocenters. The molecule has 1 aliphatic heterocycles. The molecule has 0 saturated carbocycles. The number of nitrogens with zero attached hydrogens (tertiary/aromatic N) is 1. The Labute approximate surface area is 131 Å². The molecule has 3 rings (SSSR count). The Balaban J connectivity index is 1.69. The van der Waals surface area contributed by atoms with Crippen LogP contribution in [0.15, 0.2) is 54.6 Å². The Morgan fingerprint density at radius 2 is 1.59 bits per heavy atom. The molecule has 3 nitrogen and oxygen atoms in total. The quantitative estimate of drug-likeness (QED) is 0.925. The minimum Gasteiger partial charge on any atom is -0.385 e. The van der Waals surface area contributed by atoms with Crippen LogP contribution in [0.1, 0.15) is 34.3 Å². The summed E-state index contributed by atoms with van der Waals surface area (Å²) in [5.74, 6) is 0.0233. The fourth-order valence-corrected chi connectivity index (χ4v) is 2.95. The Morgan fingerprint density at radius 1 is 1.00 bits per heavy atom. The Kier molecular flexibility index (Phi) is 3.99. The van der Waals surface area contributed by atoms with Gasteiger partial charge in [0.2, 0.25) is 0 Å². The van der Waals surface area contributed by atoms with Crippen molar-refractivity contribution in [3.8, 4) is 0 Å². The van der Waals surface area contributed by atoms with Crippen LogP contribution in [0.25, 0.3) is 0 Å². The third-order valence-corrected chi connectivity index (χ3v) is 4.39. The molecule has 2 aromatic rings. The standard InChI is InChI=1S/C19H20NO2/c1-15-7-9-16(10-8-15)18(21)20-13-11-19(22,12-14-20)17-5-3-2-4-6-17/h2-10,22H,1,11-14H2. The van der Waals surface area contributed by atoms with Gasteiger partial charge in [0, 0.05) is 18.7 Å². The van der Waals surface area contributed by atoms with Gasteiger partial charge in [-0.2, -0.15) is 0 Å². The average molecular weight is 294 g/mol. The van der Waals surface area contributed by atoms with Crippen molar-refractivity contribution >= 4 is 5.91 Å². The zero-order valence-electron chi connectivity index (χ0n) is 12.5. The van der Waals surface area contributed by atoms with Crippen molar-refractivity contribution in [3.63, 3.8) is 0 Å². The topological polar surface area (TPSA) is 40.5 Å². The molecular weight excluding hydrogens is 274 g/mol. The van der Waals surface area contributed by atoms with Gasteiger partial charge in [-0.25, -0.2) is 0 Å². The fourth-order valence-electron chi connectivity index (χ4n) is 2.95. The van der Waals surface area contributed by atoms with Crippen LogP contribution in [-0.2, 0) is 5.60 Å². The monoisotopic (exact) mass is 294 g/mol. The zero-order chi connectivity index (χ0) is 15.6. The predicted octanol–water partition coefficient (Wildman–Crippen LogP) is 2.99. The van der Waals surface area contributed by atoms with Gasteiger partial charge >= 0.3 is 0 Å². The van der Waals surface area contributed by atoms with E-state index in [4.69, 9.17) is 0 Å². The number of piperidine rings is 1. The van der Waals surface area contributed by atoms with Crippen LogP contribution in [0, 0.1) is 6.92 Å². The van der Waals surface area contributed by atoms with E-state index in [2.05, 4.69) is 6.92 Å². The van der Waals surface area contributed by atoms with Crippen molar-refractivity contribution < 1.29 is 9.90 Å². The lowest BCUT2D eigenvalue weighted by Gasteiger charge is -2.38. The van der Waals surface area contributed by atoms with Crippen LogP contribution in [0.2, 0.25) is 0 Å². The molecule has 1 saturated heterocycles. The normalized spacial score (nSPS) is 17.3. The Hall–Kier alpha value is -2.13. The summed E-state index contributed by atoms with van der Waals surface area (Å²) in [6.45, 7) is 4.96. The molecular formula is C19H20NO2. The van der Waals surface area contributed by atoms with Crippen LogP contribution < -0.4 is 0 Å². The summed E-state index contributed by atoms with van der Waals surface area (Å²) in [5, 5.41) is 10.8. The number of carbonyl (C=O) groups is 1. The minimum atomic E-state index is -0.824. The first-order chi connectivity index (χ1) is 10.6. The molecule has 22 heavy (non-hydrogen) atoms. The van der Waals surface area contributed by atoms with E-state index in [1.807, 2.05) is 59.5 Å². The lowest BCUT2D eigenvalue weighted by molar-refractivity contribution is -0.0211. The number of benzene rings is 2. The van der Waals surface area contributed by atoms with Crippen molar-refractivity contribution in [1.29, 1.82) is 0 Å². The molecule has 2 aromatic carbocycles. The lowest BCUT2D eigenvalue weighted by atomic mass is 9.84. The number of amides is 1. The lowest BCUT2D eigenvalue weighted by Crippen LogP contribution is -2.45. The third kappa shape index (κ3) is 2.90. The summed E-state index contributed by atoms with van der Waals surface area (Å²) in [4.78, 5) is 14.3. The van der Waals surface area contributed by atoms with Crippen molar-refractivity contribution in [1.82, 2.24) is 4.90 Å². The zero-order valence-corrected chi connectivity index (χ0v) is 12.5. The van der Waals surface area contributed by atoms with Crippen LogP contribution in [-0.4, -0.2) is 29.0 Å². The Bertz CT molecular complexity index is 641. The molecule has 1 fully saturated rings. The maximum atomic E-state index is 12.5. The molecule has 0 aliphatic carbocycles. The first kappa shape index (κ1) is 14.8. The van der Waals surface area contributed by atoms with Gasteiger partial charge in [-0.05, 0) is 43.0 Å². The van der Waals surface area contributed by atoms with Gasteiger partial charge in [-0.3, -0.25) is 4.79 Å². The maximum Gasteiger partial charge on any atom is 0.253 e. The van der Waals surface area contributed by atoms with Crippen LogP contribution in [0.5, 0.6) is 0 Å². The molecule has 0 bridgehead atoms. The summed E-state index contributed by atoms with van der Waals surface area (Å²) < 4.78 is 0. The van der Waals surface area contributed by atoms with E-state index >= 15 is 0 Å². The SMILES string of the molecule is [CH2]c1ccc(C(=O)N2CCC(O)(c3ccccc3)CC2)cc1. The first-order valence-corrected chi connectivity index (χ1v) is 7.58. The largest absolute Gasteiger partial charge is 0.385 e. The summed E-state index contributed by atoms with van der Waals surface area (Å²) >= 11 is 0. The van der Waals surface area contributed by atoms with Gasteiger partial charge in [0.15, 0.2) is 0 Å². The van der Waals surface area contributed by atoms with Gasteiger partial charge in [0.1, 0.15) is 0 Å². The molecule has 1 aliphatic rings. The van der Waals surface area contributed by atoms with E-state index < -0.39 is 5.60 Å². The van der Waals surface area contributed by atoms with E-state index in [0.29, 0.717) is 31.5 Å². The van der Waals surface area contributed by atoms with E-state index in [9.17, 15) is 9.90 Å². The van der Waals surface area contributed by atoms with Crippen LogP contribution in [0.3, 0.4) is 0 Å².